The third-order valence-corrected chi connectivity index (χ3v) is 4.27. The number of anilines is 1. The first-order chi connectivity index (χ1) is 12.2. The molecule has 1 atom stereocenters. The second-order valence-corrected chi connectivity index (χ2v) is 6.12. The number of carbonyl (C=O) groups is 1. The molecule has 2 amide bonds. The number of fused-ring (bicyclic) bond motifs is 1. The number of hydrogen-bond donors (Lipinski definition) is 3. The van der Waals surface area contributed by atoms with Gasteiger partial charge in [-0.05, 0) is 49.1 Å². The largest absolute Gasteiger partial charge is 0.421 e. The van der Waals surface area contributed by atoms with Gasteiger partial charge in [0.2, 0.25) is 11.8 Å². The van der Waals surface area contributed by atoms with Gasteiger partial charge in [0, 0.05) is 29.9 Å². The number of aromatic amines is 1. The Labute approximate surface area is 144 Å². The number of carbonyl (C=O) groups excluding carboxylic acids is 1. The lowest BCUT2D eigenvalue weighted by Gasteiger charge is -2.23. The minimum absolute atomic E-state index is 0.116. The van der Waals surface area contributed by atoms with Crippen molar-refractivity contribution in [1.82, 2.24) is 25.7 Å². The summed E-state index contributed by atoms with van der Waals surface area (Å²) < 4.78 is 5.38. The van der Waals surface area contributed by atoms with Gasteiger partial charge in [-0.2, -0.15) is 5.10 Å². The number of amides is 2. The summed E-state index contributed by atoms with van der Waals surface area (Å²) in [5, 5.41) is 20.7. The predicted molar refractivity (Wildman–Crippen MR) is 91.0 cm³/mol. The number of nitrogens with zero attached hydrogens (tertiary/aromatic N) is 3. The van der Waals surface area contributed by atoms with Crippen molar-refractivity contribution in [1.29, 1.82) is 0 Å². The molecule has 0 saturated carbocycles. The molecule has 1 aliphatic rings. The van der Waals surface area contributed by atoms with Crippen molar-refractivity contribution >= 4 is 11.7 Å². The lowest BCUT2D eigenvalue weighted by atomic mass is 9.94. The molecule has 25 heavy (non-hydrogen) atoms. The third kappa shape index (κ3) is 3.37. The van der Waals surface area contributed by atoms with E-state index in [1.54, 1.807) is 6.92 Å². The van der Waals surface area contributed by atoms with E-state index in [1.807, 2.05) is 30.5 Å². The van der Waals surface area contributed by atoms with Gasteiger partial charge in [-0.25, -0.2) is 4.79 Å². The monoisotopic (exact) mass is 338 g/mol. The Kier molecular flexibility index (Phi) is 3.93. The zero-order valence-electron chi connectivity index (χ0n) is 13.7. The highest BCUT2D eigenvalue weighted by Gasteiger charge is 2.21. The molecular formula is C17H18N6O2. The van der Waals surface area contributed by atoms with Crippen molar-refractivity contribution in [2.75, 3.05) is 5.32 Å². The van der Waals surface area contributed by atoms with Crippen LogP contribution in [0.2, 0.25) is 0 Å². The van der Waals surface area contributed by atoms with Crippen LogP contribution in [0.3, 0.4) is 0 Å². The molecule has 0 bridgehead atoms. The Balaban J connectivity index is 1.35. The summed E-state index contributed by atoms with van der Waals surface area (Å²) in [6.45, 7) is 1.74. The van der Waals surface area contributed by atoms with Gasteiger partial charge in [0.05, 0.1) is 6.20 Å². The number of H-pyrrole nitrogens is 1. The number of aryl methyl sites for hydroxylation is 2. The molecular weight excluding hydrogens is 320 g/mol. The van der Waals surface area contributed by atoms with Crippen molar-refractivity contribution in [3.05, 3.63) is 47.6 Å². The normalized spacial score (nSPS) is 16.3. The zero-order valence-corrected chi connectivity index (χ0v) is 13.7. The molecule has 2 aromatic heterocycles. The van der Waals surface area contributed by atoms with E-state index in [9.17, 15) is 4.79 Å². The number of rotatable bonds is 3. The highest BCUT2D eigenvalue weighted by atomic mass is 16.4. The van der Waals surface area contributed by atoms with Crippen molar-refractivity contribution in [2.45, 2.75) is 32.2 Å². The van der Waals surface area contributed by atoms with Crippen LogP contribution in [0.1, 0.15) is 23.6 Å². The quantitative estimate of drug-likeness (QED) is 0.680. The fourth-order valence-electron chi connectivity index (χ4n) is 3.00. The molecule has 3 aromatic rings. The number of benzene rings is 1. The Morgan fingerprint density at radius 2 is 2.12 bits per heavy atom. The minimum Gasteiger partial charge on any atom is -0.421 e. The molecule has 3 N–H and O–H groups in total. The SMILES string of the molecule is Cc1nnc(-c2ccc(NC(=O)N[C@@H]3CCc4[nH]ncc4C3)cc2)o1. The van der Waals surface area contributed by atoms with Gasteiger partial charge >= 0.3 is 6.03 Å². The first kappa shape index (κ1) is 15.4. The van der Waals surface area contributed by atoms with Crippen LogP contribution < -0.4 is 10.6 Å². The van der Waals surface area contributed by atoms with Gasteiger partial charge in [-0.1, -0.05) is 0 Å². The summed E-state index contributed by atoms with van der Waals surface area (Å²) in [6, 6.07) is 7.19. The summed E-state index contributed by atoms with van der Waals surface area (Å²) >= 11 is 0. The molecule has 8 nitrogen and oxygen atoms in total. The number of nitrogens with one attached hydrogen (secondary N) is 3. The predicted octanol–water partition coefficient (Wildman–Crippen LogP) is 2.45. The second-order valence-electron chi connectivity index (χ2n) is 6.12. The van der Waals surface area contributed by atoms with Gasteiger partial charge in [-0.3, -0.25) is 5.10 Å². The van der Waals surface area contributed by atoms with Crippen molar-refractivity contribution in [3.63, 3.8) is 0 Å². The molecule has 0 spiro atoms. The number of aromatic nitrogens is 4. The molecule has 1 aromatic carbocycles. The van der Waals surface area contributed by atoms with Crippen molar-refractivity contribution in [3.8, 4) is 11.5 Å². The number of hydrogen-bond acceptors (Lipinski definition) is 5. The summed E-state index contributed by atoms with van der Waals surface area (Å²) in [5.41, 5.74) is 3.87. The Hall–Kier alpha value is -3.16. The molecule has 1 aliphatic carbocycles. The lowest BCUT2D eigenvalue weighted by Crippen LogP contribution is -2.41. The molecule has 0 saturated heterocycles. The Morgan fingerprint density at radius 1 is 1.28 bits per heavy atom. The first-order valence-electron chi connectivity index (χ1n) is 8.16. The molecule has 0 unspecified atom stereocenters. The van der Waals surface area contributed by atoms with E-state index in [1.165, 1.54) is 11.3 Å². The van der Waals surface area contributed by atoms with Crippen LogP contribution in [0.5, 0.6) is 0 Å². The third-order valence-electron chi connectivity index (χ3n) is 4.27. The lowest BCUT2D eigenvalue weighted by molar-refractivity contribution is 0.247. The maximum absolute atomic E-state index is 12.2. The highest BCUT2D eigenvalue weighted by molar-refractivity contribution is 5.89. The maximum atomic E-state index is 12.2. The maximum Gasteiger partial charge on any atom is 0.319 e. The van der Waals surface area contributed by atoms with E-state index in [4.69, 9.17) is 4.42 Å². The molecule has 4 rings (SSSR count). The van der Waals surface area contributed by atoms with Crippen LogP contribution in [0.15, 0.2) is 34.9 Å². The first-order valence-corrected chi connectivity index (χ1v) is 8.16. The Bertz CT molecular complexity index is 883. The fraction of sp³-hybridized carbons (Fsp3) is 0.294. The van der Waals surface area contributed by atoms with Crippen molar-refractivity contribution < 1.29 is 9.21 Å². The van der Waals surface area contributed by atoms with Crippen molar-refractivity contribution in [2.24, 2.45) is 0 Å². The molecule has 128 valence electrons. The van der Waals surface area contributed by atoms with Gasteiger partial charge in [0.25, 0.3) is 0 Å². The molecule has 0 fully saturated rings. The molecule has 8 heteroatoms. The smallest absolute Gasteiger partial charge is 0.319 e. The van der Waals surface area contributed by atoms with E-state index >= 15 is 0 Å². The van der Waals surface area contributed by atoms with Gasteiger partial charge in [0.15, 0.2) is 0 Å². The van der Waals surface area contributed by atoms with Gasteiger partial charge < -0.3 is 15.1 Å². The second kappa shape index (κ2) is 6.39. The zero-order chi connectivity index (χ0) is 17.2. The average molecular weight is 338 g/mol. The highest BCUT2D eigenvalue weighted by Crippen LogP contribution is 2.21. The Morgan fingerprint density at radius 3 is 2.88 bits per heavy atom. The minimum atomic E-state index is -0.210. The topological polar surface area (TPSA) is 109 Å². The molecule has 2 heterocycles. The van der Waals surface area contributed by atoms with Crippen LogP contribution in [-0.2, 0) is 12.8 Å². The van der Waals surface area contributed by atoms with E-state index in [0.717, 1.165) is 24.8 Å². The van der Waals surface area contributed by atoms with E-state index in [2.05, 4.69) is 31.0 Å². The molecule has 0 radical (unpaired) electrons. The van der Waals surface area contributed by atoms with E-state index in [-0.39, 0.29) is 12.1 Å². The molecule has 0 aliphatic heterocycles. The summed E-state index contributed by atoms with van der Waals surface area (Å²) in [7, 11) is 0. The average Bonchev–Trinajstić information content (AvgIpc) is 3.24. The summed E-state index contributed by atoms with van der Waals surface area (Å²) in [4.78, 5) is 12.2. The van der Waals surface area contributed by atoms with E-state index in [0.29, 0.717) is 17.5 Å². The van der Waals surface area contributed by atoms with Crippen LogP contribution in [0, 0.1) is 6.92 Å². The van der Waals surface area contributed by atoms with E-state index < -0.39 is 0 Å². The fourth-order valence-corrected chi connectivity index (χ4v) is 3.00. The van der Waals surface area contributed by atoms with Crippen LogP contribution in [-0.4, -0.2) is 32.5 Å². The summed E-state index contributed by atoms with van der Waals surface area (Å²) in [6.07, 6.45) is 4.43. The number of urea groups is 1. The van der Waals surface area contributed by atoms with Crippen LogP contribution >= 0.6 is 0 Å². The van der Waals surface area contributed by atoms with Gasteiger partial charge in [0.1, 0.15) is 0 Å². The van der Waals surface area contributed by atoms with Crippen LogP contribution in [0.4, 0.5) is 10.5 Å². The summed E-state index contributed by atoms with van der Waals surface area (Å²) in [5.74, 6) is 0.983. The van der Waals surface area contributed by atoms with Crippen LogP contribution in [0.25, 0.3) is 11.5 Å². The van der Waals surface area contributed by atoms with Gasteiger partial charge in [-0.15, -0.1) is 10.2 Å². The standard InChI is InChI=1S/C17H18N6O2/c1-10-21-23-16(25-10)11-2-4-13(5-3-11)19-17(24)20-14-6-7-15-12(8-14)9-18-22-15/h2-5,9,14H,6-8H2,1H3,(H,18,22)(H2,19,20,24)/t14-/m1/s1.